The predicted molar refractivity (Wildman–Crippen MR) is 165 cm³/mol. The average Bonchev–Trinajstić information content (AvgIpc) is 3.18. The van der Waals surface area contributed by atoms with Crippen LogP contribution >= 0.6 is 12.4 Å². The Morgan fingerprint density at radius 2 is 1.86 bits per heavy atom. The van der Waals surface area contributed by atoms with Gasteiger partial charge in [0.25, 0.3) is 0 Å². The highest BCUT2D eigenvalue weighted by molar-refractivity contribution is 7.90. The van der Waals surface area contributed by atoms with Gasteiger partial charge in [-0.25, -0.2) is 4.98 Å². The summed E-state index contributed by atoms with van der Waals surface area (Å²) in [7, 11) is 1.95. The van der Waals surface area contributed by atoms with E-state index in [1.807, 2.05) is 39.3 Å². The maximum atomic E-state index is 13.3. The lowest BCUT2D eigenvalue weighted by molar-refractivity contribution is -0.125. The molecule has 0 radical (unpaired) electrons. The molecule has 11 nitrogen and oxygen atoms in total. The van der Waals surface area contributed by atoms with Crippen molar-refractivity contribution in [2.45, 2.75) is 31.1 Å². The van der Waals surface area contributed by atoms with Crippen molar-refractivity contribution < 1.29 is 22.7 Å². The Labute approximate surface area is 252 Å². The van der Waals surface area contributed by atoms with E-state index in [2.05, 4.69) is 19.6 Å². The summed E-state index contributed by atoms with van der Waals surface area (Å²) < 4.78 is 41.9. The topological polar surface area (TPSA) is 117 Å². The molecular weight excluding hydrogens is 580 g/mol. The number of nitrogens with zero attached hydrogens (tertiary/aromatic N) is 5. The Balaban J connectivity index is 0.00000353. The van der Waals surface area contributed by atoms with Gasteiger partial charge in [-0.1, -0.05) is 12.5 Å². The number of hydrogen-bond acceptors (Lipinski definition) is 8. The lowest BCUT2D eigenvalue weighted by Crippen LogP contribution is -2.43. The van der Waals surface area contributed by atoms with E-state index >= 15 is 0 Å². The number of carbonyl (C=O) groups is 1. The molecule has 0 unspecified atom stereocenters. The van der Waals surface area contributed by atoms with Gasteiger partial charge in [-0.3, -0.25) is 14.5 Å². The fourth-order valence-corrected chi connectivity index (χ4v) is 7.17. The molecule has 0 atom stereocenters. The van der Waals surface area contributed by atoms with Gasteiger partial charge >= 0.3 is 10.2 Å². The molecule has 4 heterocycles. The Hall–Kier alpha value is -3.03. The number of pyridine rings is 2. The minimum atomic E-state index is -3.85. The highest BCUT2D eigenvalue weighted by atomic mass is 35.5. The molecule has 1 spiro atoms. The summed E-state index contributed by atoms with van der Waals surface area (Å²) in [4.78, 5) is 26.2. The average molecular weight is 617 g/mol. The zero-order valence-electron chi connectivity index (χ0n) is 24.1. The lowest BCUT2D eigenvalue weighted by Gasteiger charge is -2.37. The van der Waals surface area contributed by atoms with Crippen LogP contribution in [0.15, 0.2) is 36.7 Å². The molecule has 42 heavy (non-hydrogen) atoms. The summed E-state index contributed by atoms with van der Waals surface area (Å²) in [5, 5.41) is 0.942. The largest absolute Gasteiger partial charge is 0.476 e. The quantitative estimate of drug-likeness (QED) is 0.364. The van der Waals surface area contributed by atoms with Gasteiger partial charge in [0.15, 0.2) is 0 Å². The van der Waals surface area contributed by atoms with Crippen LogP contribution < -0.4 is 14.4 Å². The van der Waals surface area contributed by atoms with Gasteiger partial charge in [0, 0.05) is 49.4 Å². The number of benzene rings is 1. The third-order valence-corrected chi connectivity index (χ3v) is 9.85. The van der Waals surface area contributed by atoms with Gasteiger partial charge in [-0.2, -0.15) is 12.7 Å². The number of nitrogens with one attached hydrogen (secondary N) is 1. The molecule has 1 saturated heterocycles. The molecule has 6 rings (SSSR count). The summed E-state index contributed by atoms with van der Waals surface area (Å²) in [6.07, 6.45) is 6.95. The van der Waals surface area contributed by atoms with Crippen molar-refractivity contribution in [1.29, 1.82) is 0 Å². The fraction of sp³-hybridized carbons (Fsp3) is 0.483. The molecule has 0 bridgehead atoms. The van der Waals surface area contributed by atoms with Gasteiger partial charge in [-0.15, -0.1) is 12.4 Å². The molecule has 3 aromatic rings. The normalized spacial score (nSPS) is 18.2. The van der Waals surface area contributed by atoms with Crippen LogP contribution in [-0.4, -0.2) is 94.1 Å². The fourth-order valence-electron chi connectivity index (χ4n) is 5.99. The summed E-state index contributed by atoms with van der Waals surface area (Å²) in [5.74, 6) is 0.365. The number of ether oxygens (including phenoxy) is 2. The second-order valence-electron chi connectivity index (χ2n) is 11.3. The first-order chi connectivity index (χ1) is 19.7. The van der Waals surface area contributed by atoms with Crippen molar-refractivity contribution in [3.05, 3.63) is 42.2 Å². The minimum Gasteiger partial charge on any atom is -0.476 e. The van der Waals surface area contributed by atoms with Crippen LogP contribution in [0.1, 0.15) is 31.2 Å². The molecule has 1 amide bonds. The van der Waals surface area contributed by atoms with E-state index in [0.29, 0.717) is 19.8 Å². The highest BCUT2D eigenvalue weighted by Crippen LogP contribution is 2.55. The molecule has 1 N–H and O–H groups in total. The zero-order valence-corrected chi connectivity index (χ0v) is 25.8. The maximum absolute atomic E-state index is 13.3. The van der Waals surface area contributed by atoms with E-state index in [-0.39, 0.29) is 43.0 Å². The molecule has 3 aliphatic rings. The number of halogens is 1. The molecule has 226 valence electrons. The van der Waals surface area contributed by atoms with Crippen LogP contribution in [0.25, 0.3) is 22.0 Å². The lowest BCUT2D eigenvalue weighted by atomic mass is 9.64. The number of fused-ring (bicyclic) bond motifs is 4. The maximum Gasteiger partial charge on any atom is 0.301 e. The second-order valence-corrected chi connectivity index (χ2v) is 12.9. The standard InChI is InChI=1S/C29H36N6O5S.ClH/c1-33(2)10-5-13-40-27-24(32-41(37,38)35-11-14-39-15-12-35)17-21(18-31-27)20-6-7-23-22(16-20)26-25(19-30-23)34(3)28(36)29(26)8-4-9-29;/h6-7,16-19,32H,4-5,8-15H2,1-3H3;1H. The van der Waals surface area contributed by atoms with E-state index < -0.39 is 15.6 Å². The number of likely N-dealkylation sites (N-methyl/N-ethyl adjacent to an activating group) is 1. The third kappa shape index (κ3) is 5.42. The molecule has 1 aromatic carbocycles. The number of rotatable bonds is 9. The summed E-state index contributed by atoms with van der Waals surface area (Å²) in [6.45, 7) is 2.48. The Morgan fingerprint density at radius 1 is 1.10 bits per heavy atom. The van der Waals surface area contributed by atoms with Crippen molar-refractivity contribution in [2.24, 2.45) is 0 Å². The number of amides is 1. The van der Waals surface area contributed by atoms with Gasteiger partial charge in [-0.05, 0) is 57.1 Å². The van der Waals surface area contributed by atoms with Crippen molar-refractivity contribution in [3.8, 4) is 17.0 Å². The number of carbonyl (C=O) groups excluding carboxylic acids is 1. The van der Waals surface area contributed by atoms with E-state index in [0.717, 1.165) is 65.5 Å². The molecule has 1 saturated carbocycles. The number of morpholine rings is 1. The minimum absolute atomic E-state index is 0. The highest BCUT2D eigenvalue weighted by Gasteiger charge is 2.54. The first-order valence-corrected chi connectivity index (χ1v) is 15.5. The summed E-state index contributed by atoms with van der Waals surface area (Å²) in [6, 6.07) is 7.71. The van der Waals surface area contributed by atoms with Crippen LogP contribution in [0.2, 0.25) is 0 Å². The number of hydrogen-bond donors (Lipinski definition) is 1. The smallest absolute Gasteiger partial charge is 0.301 e. The van der Waals surface area contributed by atoms with E-state index in [4.69, 9.17) is 9.47 Å². The Bertz CT molecular complexity index is 1590. The van der Waals surface area contributed by atoms with E-state index in [9.17, 15) is 13.2 Å². The molecular formula is C29H37ClN6O5S. The SMILES string of the molecule is CN(C)CCCOc1ncc(-c2ccc3ncc4c(c3c2)C2(CCC2)C(=O)N4C)cc1NS(=O)(=O)N1CCOCC1.Cl. The van der Waals surface area contributed by atoms with Crippen molar-refractivity contribution in [2.75, 3.05) is 70.2 Å². The molecule has 2 aromatic heterocycles. The van der Waals surface area contributed by atoms with Crippen LogP contribution in [0.3, 0.4) is 0 Å². The van der Waals surface area contributed by atoms with Crippen LogP contribution in [0.5, 0.6) is 5.88 Å². The van der Waals surface area contributed by atoms with Crippen molar-refractivity contribution >= 4 is 50.8 Å². The molecule has 1 aliphatic carbocycles. The Kier molecular flexibility index (Phi) is 8.64. The van der Waals surface area contributed by atoms with Gasteiger partial charge in [0.2, 0.25) is 11.8 Å². The summed E-state index contributed by atoms with van der Waals surface area (Å²) >= 11 is 0. The molecule has 2 aliphatic heterocycles. The second kappa shape index (κ2) is 11.9. The predicted octanol–water partition coefficient (Wildman–Crippen LogP) is 3.44. The monoisotopic (exact) mass is 616 g/mol. The number of aromatic nitrogens is 2. The Morgan fingerprint density at radius 3 is 2.55 bits per heavy atom. The summed E-state index contributed by atoms with van der Waals surface area (Å²) in [5.41, 5.74) is 4.10. The van der Waals surface area contributed by atoms with Crippen molar-refractivity contribution in [3.63, 3.8) is 0 Å². The van der Waals surface area contributed by atoms with Gasteiger partial charge in [0.05, 0.1) is 42.6 Å². The number of anilines is 2. The van der Waals surface area contributed by atoms with Crippen molar-refractivity contribution in [1.82, 2.24) is 19.2 Å². The molecule has 2 fully saturated rings. The van der Waals surface area contributed by atoms with Crippen LogP contribution in [-0.2, 0) is 25.2 Å². The van der Waals surface area contributed by atoms with E-state index in [1.54, 1.807) is 23.4 Å². The first kappa shape index (κ1) is 30.4. The van der Waals surface area contributed by atoms with Crippen LogP contribution in [0, 0.1) is 0 Å². The first-order valence-electron chi connectivity index (χ1n) is 14.0. The van der Waals surface area contributed by atoms with E-state index in [1.165, 1.54) is 4.31 Å². The molecule has 13 heteroatoms. The van der Waals surface area contributed by atoms with Gasteiger partial charge in [0.1, 0.15) is 5.69 Å². The van der Waals surface area contributed by atoms with Crippen LogP contribution in [0.4, 0.5) is 11.4 Å². The third-order valence-electron chi connectivity index (χ3n) is 8.33. The zero-order chi connectivity index (χ0) is 28.8. The van der Waals surface area contributed by atoms with Gasteiger partial charge < -0.3 is 19.3 Å².